The molecule has 0 unspecified atom stereocenters. The molecule has 0 atom stereocenters. The van der Waals surface area contributed by atoms with E-state index in [1.807, 2.05) is 31.4 Å². The van der Waals surface area contributed by atoms with Gasteiger partial charge in [-0.25, -0.2) is 0 Å². The Morgan fingerprint density at radius 2 is 1.71 bits per heavy atom. The van der Waals surface area contributed by atoms with Crippen LogP contribution in [0, 0.1) is 0 Å². The molecular weight excluding hydrogens is 591 g/mol. The van der Waals surface area contributed by atoms with Crippen molar-refractivity contribution < 1.29 is 40.9 Å². The van der Waals surface area contributed by atoms with E-state index in [1.54, 1.807) is 0 Å². The Morgan fingerprint density at radius 1 is 1.19 bits per heavy atom. The zero-order valence-electron chi connectivity index (χ0n) is 10.9. The minimum absolute atomic E-state index is 0. The summed E-state index contributed by atoms with van der Waals surface area (Å²) in [6.45, 7) is 0.997. The van der Waals surface area contributed by atoms with E-state index < -0.39 is 20.9 Å². The van der Waals surface area contributed by atoms with Gasteiger partial charge in [0.25, 0.3) is 0 Å². The van der Waals surface area contributed by atoms with E-state index in [0.29, 0.717) is 0 Å². The number of aromatic nitrogens is 1. The molecule has 6 nitrogen and oxygen atoms in total. The van der Waals surface area contributed by atoms with Crippen molar-refractivity contribution in [1.29, 1.82) is 0 Å². The summed E-state index contributed by atoms with van der Waals surface area (Å²) in [5.74, 6) is -3.23. The third kappa shape index (κ3) is 10.8. The topological polar surface area (TPSA) is 105 Å². The molecule has 0 saturated heterocycles. The van der Waals surface area contributed by atoms with Gasteiger partial charge in [-0.1, -0.05) is 6.07 Å². The Balaban J connectivity index is 0. The third-order valence-corrected chi connectivity index (χ3v) is 3.88. The van der Waals surface area contributed by atoms with Crippen molar-refractivity contribution in [2.24, 2.45) is 0 Å². The van der Waals surface area contributed by atoms with Crippen molar-refractivity contribution in [2.45, 2.75) is 6.42 Å². The van der Waals surface area contributed by atoms with Gasteiger partial charge < -0.3 is 25.1 Å². The second kappa shape index (κ2) is 13.1. The molecular formula is C12H12Br2N2O4Pt. The average Bonchev–Trinajstić information content (AvgIpc) is 2.45. The van der Waals surface area contributed by atoms with Crippen LogP contribution in [0.4, 0.5) is 0 Å². The van der Waals surface area contributed by atoms with Crippen molar-refractivity contribution in [2.75, 3.05) is 13.6 Å². The SMILES string of the molecule is CNCCc1ccccn1.O=C([O-])/C(Br)=C(/Br)C(=O)[O-].[Pt+2]. The zero-order valence-corrected chi connectivity index (χ0v) is 16.3. The number of pyridine rings is 1. The van der Waals surface area contributed by atoms with Crippen molar-refractivity contribution in [3.05, 3.63) is 39.1 Å². The molecule has 118 valence electrons. The van der Waals surface area contributed by atoms with Gasteiger partial charge in [0, 0.05) is 24.9 Å². The van der Waals surface area contributed by atoms with Gasteiger partial charge in [-0.3, -0.25) is 4.98 Å². The molecule has 0 fully saturated rings. The number of nitrogens with one attached hydrogen (secondary N) is 1. The first-order valence-corrected chi connectivity index (χ1v) is 7.01. The Bertz CT molecular complexity index is 461. The van der Waals surface area contributed by atoms with E-state index in [-0.39, 0.29) is 21.1 Å². The van der Waals surface area contributed by atoms with Crippen LogP contribution in [0.3, 0.4) is 0 Å². The molecule has 9 heteroatoms. The standard InChI is InChI=1S/C8H12N2.C4H2Br2O4.Pt/c1-9-7-5-8-4-2-3-6-10-8;5-1(3(7)8)2(6)4(9)10;/h2-4,6,9H,5,7H2,1H3;(H,7,8)(H,9,10);/q;;+2/p-2/b;2-1-;. The minimum atomic E-state index is -1.61. The number of aliphatic carboxylic acids is 2. The van der Waals surface area contributed by atoms with E-state index in [1.165, 1.54) is 0 Å². The van der Waals surface area contributed by atoms with Gasteiger partial charge >= 0.3 is 21.1 Å². The molecule has 21 heavy (non-hydrogen) atoms. The van der Waals surface area contributed by atoms with Crippen LogP contribution in [-0.4, -0.2) is 30.5 Å². The van der Waals surface area contributed by atoms with Gasteiger partial charge in [0.15, 0.2) is 0 Å². The summed E-state index contributed by atoms with van der Waals surface area (Å²) >= 11 is 4.92. The summed E-state index contributed by atoms with van der Waals surface area (Å²) in [6.07, 6.45) is 2.84. The number of rotatable bonds is 5. The molecule has 1 aromatic heterocycles. The van der Waals surface area contributed by atoms with Crippen LogP contribution in [0.25, 0.3) is 0 Å². The quantitative estimate of drug-likeness (QED) is 0.449. The number of carboxylic acids is 2. The maximum atomic E-state index is 9.91. The van der Waals surface area contributed by atoms with Crippen LogP contribution in [0.2, 0.25) is 0 Å². The second-order valence-corrected chi connectivity index (χ2v) is 4.96. The van der Waals surface area contributed by atoms with E-state index in [4.69, 9.17) is 0 Å². The van der Waals surface area contributed by atoms with Gasteiger partial charge in [0.1, 0.15) is 0 Å². The molecule has 1 aromatic rings. The number of carboxylic acid groups (broad SMARTS) is 2. The summed E-state index contributed by atoms with van der Waals surface area (Å²) in [5, 5.41) is 22.9. The molecule has 1 N–H and O–H groups in total. The fourth-order valence-corrected chi connectivity index (χ4v) is 1.30. The molecule has 0 spiro atoms. The Hall–Kier alpha value is -0.562. The zero-order chi connectivity index (χ0) is 15.5. The minimum Gasteiger partial charge on any atom is -0.544 e. The summed E-state index contributed by atoms with van der Waals surface area (Å²) in [6, 6.07) is 5.98. The number of hydrogen-bond acceptors (Lipinski definition) is 6. The number of hydrogen-bond donors (Lipinski definition) is 1. The largest absolute Gasteiger partial charge is 2.00 e. The van der Waals surface area contributed by atoms with Crippen molar-refractivity contribution in [3.63, 3.8) is 0 Å². The normalized spacial score (nSPS) is 10.4. The van der Waals surface area contributed by atoms with Crippen LogP contribution in [0.1, 0.15) is 5.69 Å². The first-order chi connectivity index (χ1) is 9.40. The predicted molar refractivity (Wildman–Crippen MR) is 76.8 cm³/mol. The first kappa shape index (κ1) is 22.7. The molecule has 0 aromatic carbocycles. The monoisotopic (exact) mass is 601 g/mol. The third-order valence-electron chi connectivity index (χ3n) is 1.91. The van der Waals surface area contributed by atoms with Gasteiger partial charge in [-0.2, -0.15) is 0 Å². The smallest absolute Gasteiger partial charge is 0.544 e. The molecule has 0 radical (unpaired) electrons. The van der Waals surface area contributed by atoms with Crippen molar-refractivity contribution in [3.8, 4) is 0 Å². The van der Waals surface area contributed by atoms with E-state index in [0.717, 1.165) is 18.7 Å². The summed E-state index contributed by atoms with van der Waals surface area (Å²) in [4.78, 5) is 24.0. The Kier molecular flexibility index (Phi) is 14.2. The molecule has 1 rings (SSSR count). The van der Waals surface area contributed by atoms with Gasteiger partial charge in [-0.15, -0.1) is 0 Å². The molecule has 0 aliphatic heterocycles. The van der Waals surface area contributed by atoms with Crippen LogP contribution in [0.15, 0.2) is 33.4 Å². The fourth-order valence-electron chi connectivity index (χ4n) is 0.978. The Labute approximate surface area is 153 Å². The molecule has 1 heterocycles. The molecule has 0 aliphatic carbocycles. The van der Waals surface area contributed by atoms with Crippen LogP contribution >= 0.6 is 31.9 Å². The predicted octanol–water partition coefficient (Wildman–Crippen LogP) is -0.671. The van der Waals surface area contributed by atoms with Gasteiger partial charge in [0.05, 0.1) is 20.9 Å². The van der Waals surface area contributed by atoms with Crippen molar-refractivity contribution in [1.82, 2.24) is 10.3 Å². The van der Waals surface area contributed by atoms with E-state index >= 15 is 0 Å². The molecule has 0 aliphatic rings. The summed E-state index contributed by atoms with van der Waals surface area (Å²) < 4.78 is -1.15. The van der Waals surface area contributed by atoms with Crippen molar-refractivity contribution >= 4 is 43.8 Å². The number of likely N-dealkylation sites (N-methyl/N-ethyl adjacent to an activating group) is 1. The second-order valence-electron chi connectivity index (χ2n) is 3.38. The fraction of sp³-hybridized carbons (Fsp3) is 0.250. The van der Waals surface area contributed by atoms with Gasteiger partial charge in [-0.05, 0) is 51.0 Å². The summed E-state index contributed by atoms with van der Waals surface area (Å²) in [5.41, 5.74) is 1.15. The maximum Gasteiger partial charge on any atom is 2.00 e. The number of nitrogens with zero attached hydrogens (tertiary/aromatic N) is 1. The maximum absolute atomic E-state index is 9.91. The molecule has 0 bridgehead atoms. The number of carbonyl (C=O) groups is 2. The van der Waals surface area contributed by atoms with Crippen LogP contribution in [0.5, 0.6) is 0 Å². The first-order valence-electron chi connectivity index (χ1n) is 5.42. The average molecular weight is 603 g/mol. The molecule has 0 saturated carbocycles. The van der Waals surface area contributed by atoms with Gasteiger partial charge in [0.2, 0.25) is 0 Å². The number of carbonyl (C=O) groups excluding carboxylic acids is 2. The van der Waals surface area contributed by atoms with Crippen LogP contribution < -0.4 is 15.5 Å². The summed E-state index contributed by atoms with van der Waals surface area (Å²) in [7, 11) is 1.95. The van der Waals surface area contributed by atoms with E-state index in [9.17, 15) is 19.8 Å². The van der Waals surface area contributed by atoms with Crippen LogP contribution in [-0.2, 0) is 37.1 Å². The Morgan fingerprint density at radius 3 is 2.05 bits per heavy atom. The molecule has 0 amide bonds. The number of halogens is 2. The van der Waals surface area contributed by atoms with E-state index in [2.05, 4.69) is 42.2 Å².